The van der Waals surface area contributed by atoms with Gasteiger partial charge in [-0.1, -0.05) is 0 Å². The van der Waals surface area contributed by atoms with Gasteiger partial charge >= 0.3 is 0 Å². The summed E-state index contributed by atoms with van der Waals surface area (Å²) < 4.78 is 38.6. The Labute approximate surface area is 117 Å². The predicted octanol–water partition coefficient (Wildman–Crippen LogP) is 2.77. The summed E-state index contributed by atoms with van der Waals surface area (Å²) in [6, 6.07) is 3.22. The summed E-state index contributed by atoms with van der Waals surface area (Å²) in [4.78, 5) is 0. The lowest BCUT2D eigenvalue weighted by Gasteiger charge is -2.23. The minimum Gasteiger partial charge on any atom is -0.484 e. The molecule has 1 aromatic rings. The molecule has 0 unspecified atom stereocenters. The molecule has 2 aliphatic rings. The zero-order valence-electron chi connectivity index (χ0n) is 11.3. The third-order valence-corrected chi connectivity index (χ3v) is 3.68. The Hall–Kier alpha value is -1.20. The van der Waals surface area contributed by atoms with Gasteiger partial charge in [-0.3, -0.25) is 0 Å². The third kappa shape index (κ3) is 3.46. The average molecular weight is 283 g/mol. The highest BCUT2D eigenvalue weighted by Crippen LogP contribution is 2.27. The van der Waals surface area contributed by atoms with Crippen LogP contribution in [0.25, 0.3) is 0 Å². The van der Waals surface area contributed by atoms with Crippen LogP contribution < -0.4 is 10.1 Å². The molecule has 1 N–H and O–H groups in total. The van der Waals surface area contributed by atoms with Gasteiger partial charge in [0, 0.05) is 25.4 Å². The van der Waals surface area contributed by atoms with Crippen LogP contribution in [-0.2, 0) is 11.3 Å². The van der Waals surface area contributed by atoms with Gasteiger partial charge in [-0.25, -0.2) is 8.78 Å². The maximum Gasteiger partial charge on any atom is 0.191 e. The van der Waals surface area contributed by atoms with E-state index in [-0.39, 0.29) is 11.9 Å². The molecule has 0 atom stereocenters. The standard InChI is InChI=1S/C15H19F2NO2/c16-13-7-10(9-18-11-1-2-11)8-14(17)15(13)20-12-3-5-19-6-4-12/h7-8,11-12,18H,1-6,9H2. The molecule has 0 radical (unpaired) electrons. The van der Waals surface area contributed by atoms with E-state index in [0.29, 0.717) is 44.2 Å². The van der Waals surface area contributed by atoms with Gasteiger partial charge in [-0.05, 0) is 30.5 Å². The number of halogens is 2. The van der Waals surface area contributed by atoms with Crippen LogP contribution in [0.15, 0.2) is 12.1 Å². The Morgan fingerprint density at radius 1 is 1.10 bits per heavy atom. The van der Waals surface area contributed by atoms with Gasteiger partial charge in [0.15, 0.2) is 17.4 Å². The largest absolute Gasteiger partial charge is 0.484 e. The second-order valence-corrected chi connectivity index (χ2v) is 5.47. The van der Waals surface area contributed by atoms with Gasteiger partial charge in [0.25, 0.3) is 0 Å². The van der Waals surface area contributed by atoms with Crippen molar-refractivity contribution in [2.75, 3.05) is 13.2 Å². The fourth-order valence-corrected chi connectivity index (χ4v) is 2.34. The normalized spacial score (nSPS) is 20.1. The lowest BCUT2D eigenvalue weighted by Crippen LogP contribution is -2.26. The van der Waals surface area contributed by atoms with Crippen molar-refractivity contribution in [3.63, 3.8) is 0 Å². The summed E-state index contributed by atoms with van der Waals surface area (Å²) in [5.74, 6) is -1.50. The minimum absolute atomic E-state index is 0.164. The number of rotatable bonds is 5. The van der Waals surface area contributed by atoms with Gasteiger partial charge < -0.3 is 14.8 Å². The molecule has 1 aliphatic heterocycles. The maximum atomic E-state index is 14.0. The number of benzene rings is 1. The summed E-state index contributed by atoms with van der Waals surface area (Å²) in [5, 5.41) is 3.24. The molecule has 5 heteroatoms. The Kier molecular flexibility index (Phi) is 4.17. The third-order valence-electron chi connectivity index (χ3n) is 3.68. The van der Waals surface area contributed by atoms with E-state index >= 15 is 0 Å². The topological polar surface area (TPSA) is 30.5 Å². The molecule has 1 aromatic carbocycles. The molecule has 1 aliphatic carbocycles. The molecule has 110 valence electrons. The van der Waals surface area contributed by atoms with Crippen LogP contribution in [0, 0.1) is 11.6 Å². The Bertz CT molecular complexity index is 448. The summed E-state index contributed by atoms with van der Waals surface area (Å²) in [5.41, 5.74) is 0.617. The van der Waals surface area contributed by atoms with Gasteiger partial charge in [-0.2, -0.15) is 0 Å². The Balaban J connectivity index is 1.66. The number of hydrogen-bond donors (Lipinski definition) is 1. The second-order valence-electron chi connectivity index (χ2n) is 5.47. The summed E-state index contributed by atoms with van der Waals surface area (Å²) in [6.07, 6.45) is 3.47. The van der Waals surface area contributed by atoms with E-state index in [1.165, 1.54) is 12.1 Å². The van der Waals surface area contributed by atoms with E-state index in [1.807, 2.05) is 0 Å². The fourth-order valence-electron chi connectivity index (χ4n) is 2.34. The van der Waals surface area contributed by atoms with Gasteiger partial charge in [0.1, 0.15) is 6.10 Å². The lowest BCUT2D eigenvalue weighted by molar-refractivity contribution is 0.0223. The molecule has 0 aromatic heterocycles. The van der Waals surface area contributed by atoms with Gasteiger partial charge in [0.05, 0.1) is 13.2 Å². The summed E-state index contributed by atoms with van der Waals surface area (Å²) >= 11 is 0. The number of ether oxygens (including phenoxy) is 2. The monoisotopic (exact) mass is 283 g/mol. The highest BCUT2D eigenvalue weighted by atomic mass is 19.1. The summed E-state index contributed by atoms with van der Waals surface area (Å²) in [6.45, 7) is 1.66. The first-order chi connectivity index (χ1) is 9.72. The molecular formula is C15H19F2NO2. The number of nitrogens with one attached hydrogen (secondary N) is 1. The molecule has 1 heterocycles. The van der Waals surface area contributed by atoms with Gasteiger partial charge in [0.2, 0.25) is 0 Å². The molecule has 1 saturated heterocycles. The van der Waals surface area contributed by atoms with Crippen molar-refractivity contribution in [3.05, 3.63) is 29.3 Å². The van der Waals surface area contributed by atoms with Crippen molar-refractivity contribution < 1.29 is 18.3 Å². The van der Waals surface area contributed by atoms with E-state index in [4.69, 9.17) is 9.47 Å². The predicted molar refractivity (Wildman–Crippen MR) is 70.7 cm³/mol. The molecule has 2 fully saturated rings. The van der Waals surface area contributed by atoms with Crippen LogP contribution >= 0.6 is 0 Å². The first-order valence-electron chi connectivity index (χ1n) is 7.18. The van der Waals surface area contributed by atoms with E-state index in [9.17, 15) is 8.78 Å². The van der Waals surface area contributed by atoms with Gasteiger partial charge in [-0.15, -0.1) is 0 Å². The molecule has 3 rings (SSSR count). The van der Waals surface area contributed by atoms with E-state index in [1.54, 1.807) is 0 Å². The second kappa shape index (κ2) is 6.06. The Morgan fingerprint density at radius 3 is 2.35 bits per heavy atom. The highest BCUT2D eigenvalue weighted by Gasteiger charge is 2.22. The zero-order valence-corrected chi connectivity index (χ0v) is 11.3. The molecular weight excluding hydrogens is 264 g/mol. The molecule has 0 bridgehead atoms. The smallest absolute Gasteiger partial charge is 0.191 e. The van der Waals surface area contributed by atoms with Crippen molar-refractivity contribution in [1.82, 2.24) is 5.32 Å². The van der Waals surface area contributed by atoms with Crippen LogP contribution in [-0.4, -0.2) is 25.4 Å². The van der Waals surface area contributed by atoms with Crippen LogP contribution in [0.3, 0.4) is 0 Å². The van der Waals surface area contributed by atoms with Crippen molar-refractivity contribution in [3.8, 4) is 5.75 Å². The SMILES string of the molecule is Fc1cc(CNC2CC2)cc(F)c1OC1CCOCC1. The number of hydrogen-bond acceptors (Lipinski definition) is 3. The molecule has 0 amide bonds. The molecule has 3 nitrogen and oxygen atoms in total. The first kappa shape index (κ1) is 13.8. The van der Waals surface area contributed by atoms with Crippen molar-refractivity contribution in [2.24, 2.45) is 0 Å². The van der Waals surface area contributed by atoms with Crippen molar-refractivity contribution in [2.45, 2.75) is 44.4 Å². The van der Waals surface area contributed by atoms with E-state index in [2.05, 4.69) is 5.32 Å². The Morgan fingerprint density at radius 2 is 1.75 bits per heavy atom. The minimum atomic E-state index is -0.621. The lowest BCUT2D eigenvalue weighted by atomic mass is 10.1. The van der Waals surface area contributed by atoms with Crippen LogP contribution in [0.1, 0.15) is 31.2 Å². The van der Waals surface area contributed by atoms with Crippen LogP contribution in [0.4, 0.5) is 8.78 Å². The fraction of sp³-hybridized carbons (Fsp3) is 0.600. The maximum absolute atomic E-state index is 14.0. The molecule has 1 saturated carbocycles. The summed E-state index contributed by atoms with van der Waals surface area (Å²) in [7, 11) is 0. The van der Waals surface area contributed by atoms with Crippen molar-refractivity contribution in [1.29, 1.82) is 0 Å². The quantitative estimate of drug-likeness (QED) is 0.901. The van der Waals surface area contributed by atoms with Crippen LogP contribution in [0.2, 0.25) is 0 Å². The van der Waals surface area contributed by atoms with E-state index in [0.717, 1.165) is 12.8 Å². The van der Waals surface area contributed by atoms with E-state index < -0.39 is 11.6 Å². The molecule has 20 heavy (non-hydrogen) atoms. The van der Waals surface area contributed by atoms with Crippen LogP contribution in [0.5, 0.6) is 5.75 Å². The highest BCUT2D eigenvalue weighted by molar-refractivity contribution is 5.31. The first-order valence-corrected chi connectivity index (χ1v) is 7.18. The molecule has 0 spiro atoms. The average Bonchev–Trinajstić information content (AvgIpc) is 3.26. The van der Waals surface area contributed by atoms with Crippen molar-refractivity contribution >= 4 is 0 Å². The zero-order chi connectivity index (χ0) is 13.9.